The van der Waals surface area contributed by atoms with Crippen LogP contribution < -0.4 is 0 Å². The molecule has 36 heavy (non-hydrogen) atoms. The predicted octanol–water partition coefficient (Wildman–Crippen LogP) is 8.29. The molecule has 0 aliphatic heterocycles. The van der Waals surface area contributed by atoms with Crippen LogP contribution in [0.4, 0.5) is 0 Å². The van der Waals surface area contributed by atoms with E-state index in [1.807, 2.05) is 13.8 Å². The van der Waals surface area contributed by atoms with Gasteiger partial charge in [0, 0.05) is 7.11 Å². The monoisotopic (exact) mass is 522 g/mol. The maximum absolute atomic E-state index is 10.6. The highest BCUT2D eigenvalue weighted by Crippen LogP contribution is 2.57. The van der Waals surface area contributed by atoms with E-state index >= 15 is 0 Å². The van der Waals surface area contributed by atoms with Crippen LogP contribution in [-0.4, -0.2) is 39.5 Å². The topological polar surface area (TPSA) is 60.7 Å². The van der Waals surface area contributed by atoms with Crippen LogP contribution in [-0.2, 0) is 0 Å². The highest BCUT2D eigenvalue weighted by molar-refractivity contribution is 6.22. The van der Waals surface area contributed by atoms with Crippen molar-refractivity contribution in [1.82, 2.24) is 0 Å². The fourth-order valence-electron chi connectivity index (χ4n) is 6.55. The van der Waals surface area contributed by atoms with E-state index in [9.17, 15) is 10.2 Å². The van der Waals surface area contributed by atoms with Crippen molar-refractivity contribution in [2.75, 3.05) is 7.11 Å². The van der Waals surface area contributed by atoms with E-state index in [2.05, 4.69) is 52.5 Å². The van der Waals surface area contributed by atoms with Gasteiger partial charge in [-0.15, -0.1) is 11.6 Å². The van der Waals surface area contributed by atoms with E-state index in [0.717, 1.165) is 56.8 Å². The molecule has 0 aromatic heterocycles. The molecule has 0 heterocycles. The van der Waals surface area contributed by atoms with Crippen LogP contribution in [0.25, 0.3) is 0 Å². The molecule has 0 spiro atoms. The van der Waals surface area contributed by atoms with Crippen LogP contribution in [0.5, 0.6) is 0 Å². The second kappa shape index (κ2) is 15.5. The summed E-state index contributed by atoms with van der Waals surface area (Å²) in [6.45, 7) is 17.3. The maximum atomic E-state index is 10.6. The third-order valence-corrected chi connectivity index (χ3v) is 9.40. The van der Waals surface area contributed by atoms with Gasteiger partial charge in [0.1, 0.15) is 0 Å². The van der Waals surface area contributed by atoms with Crippen LogP contribution in [0, 0.1) is 17.3 Å². The molecule has 2 saturated carbocycles. The van der Waals surface area contributed by atoms with Gasteiger partial charge >= 0.3 is 0 Å². The minimum atomic E-state index is -0.483. The van der Waals surface area contributed by atoms with E-state index in [1.54, 1.807) is 11.1 Å². The number of aliphatic hydroxyl groups is 3. The Morgan fingerprint density at radius 3 is 2.47 bits per heavy atom. The molecule has 208 valence electrons. The van der Waals surface area contributed by atoms with Gasteiger partial charge in [-0.25, -0.2) is 0 Å². The largest absolute Gasteiger partial charge is 0.400 e. The fourth-order valence-corrected chi connectivity index (χ4v) is 6.89. The quantitative estimate of drug-likeness (QED) is 0.222. The lowest BCUT2D eigenvalue weighted by Gasteiger charge is -2.42. The van der Waals surface area contributed by atoms with Crippen molar-refractivity contribution in [1.29, 1.82) is 0 Å². The summed E-state index contributed by atoms with van der Waals surface area (Å²) in [6, 6.07) is 0. The molecule has 5 unspecified atom stereocenters. The van der Waals surface area contributed by atoms with Gasteiger partial charge in [0.05, 0.1) is 17.1 Å². The summed E-state index contributed by atoms with van der Waals surface area (Å²) < 4.78 is 0. The Kier molecular flexibility index (Phi) is 14.3. The molecule has 5 atom stereocenters. The van der Waals surface area contributed by atoms with Gasteiger partial charge in [0.2, 0.25) is 0 Å². The third-order valence-electron chi connectivity index (χ3n) is 8.96. The van der Waals surface area contributed by atoms with Crippen LogP contribution in [0.3, 0.4) is 0 Å². The summed E-state index contributed by atoms with van der Waals surface area (Å²) in [5.74, 6) is 1.16. The molecule has 0 aromatic carbocycles. The highest BCUT2D eigenvalue weighted by Gasteiger charge is 2.45. The molecule has 3 N–H and O–H groups in total. The lowest BCUT2D eigenvalue weighted by molar-refractivity contribution is 0.0204. The molecule has 3 aliphatic rings. The Hall–Kier alpha value is -0.870. The minimum absolute atomic E-state index is 0.154. The van der Waals surface area contributed by atoms with Crippen molar-refractivity contribution >= 4 is 11.6 Å². The molecular formula is C32H55ClO3. The van der Waals surface area contributed by atoms with Gasteiger partial charge in [-0.3, -0.25) is 0 Å². The standard InChI is InChI=1S/C29H45ClO2.C2H6.CH4O/c1-6-29(32,7-2)17-8-10-20(3)25-14-15-26-22(11-9-16-28(25,26)5)12-13-23-18-24(31)19-27(30)21(23)4;2*1-2/h12-14,20,24,26-27,31-32H,4,6-11,15-19H2,1-3,5H3;1-2H3;2H,1H3/b22-12+,23-13-;;. The predicted molar refractivity (Wildman–Crippen MR) is 156 cm³/mol. The highest BCUT2D eigenvalue weighted by atomic mass is 35.5. The summed E-state index contributed by atoms with van der Waals surface area (Å²) >= 11 is 6.39. The van der Waals surface area contributed by atoms with Crippen molar-refractivity contribution < 1.29 is 15.3 Å². The van der Waals surface area contributed by atoms with E-state index in [-0.39, 0.29) is 16.9 Å². The number of alkyl halides is 1. The second-order valence-corrected chi connectivity index (χ2v) is 11.5. The van der Waals surface area contributed by atoms with Crippen LogP contribution >= 0.6 is 11.6 Å². The molecule has 3 nitrogen and oxygen atoms in total. The Labute approximate surface area is 227 Å². The Morgan fingerprint density at radius 2 is 1.86 bits per heavy atom. The number of halogens is 1. The Bertz CT molecular complexity index is 776. The van der Waals surface area contributed by atoms with Gasteiger partial charge in [-0.05, 0) is 92.6 Å². The summed E-state index contributed by atoms with van der Waals surface area (Å²) in [7, 11) is 1.00. The first-order chi connectivity index (χ1) is 17.1. The average molecular weight is 523 g/mol. The zero-order valence-electron chi connectivity index (χ0n) is 24.2. The van der Waals surface area contributed by atoms with Crippen molar-refractivity contribution in [2.45, 2.75) is 129 Å². The number of hydrogen-bond donors (Lipinski definition) is 3. The van der Waals surface area contributed by atoms with Gasteiger partial charge in [0.25, 0.3) is 0 Å². The minimum Gasteiger partial charge on any atom is -0.400 e. The SMILES string of the molecule is C=C1/C(=C\C=C2/CCCC3(C)C(C(C)CCCC(O)(CC)CC)=CCC23)CC(O)CC1Cl.CC.CO. The number of aliphatic hydroxyl groups excluding tert-OH is 2. The molecule has 0 radical (unpaired) electrons. The van der Waals surface area contributed by atoms with Crippen LogP contribution in [0.15, 0.2) is 47.1 Å². The molecule has 3 rings (SSSR count). The van der Waals surface area contributed by atoms with Gasteiger partial charge < -0.3 is 15.3 Å². The van der Waals surface area contributed by atoms with Crippen LogP contribution in [0.2, 0.25) is 0 Å². The van der Waals surface area contributed by atoms with Crippen LogP contribution in [0.1, 0.15) is 112 Å². The van der Waals surface area contributed by atoms with E-state index < -0.39 is 5.60 Å². The second-order valence-electron chi connectivity index (χ2n) is 11.0. The smallest absolute Gasteiger partial charge is 0.0642 e. The molecular weight excluding hydrogens is 468 g/mol. The zero-order chi connectivity index (χ0) is 27.5. The summed E-state index contributed by atoms with van der Waals surface area (Å²) in [5, 5.41) is 27.6. The first kappa shape index (κ1) is 33.2. The van der Waals surface area contributed by atoms with E-state index in [4.69, 9.17) is 16.7 Å². The van der Waals surface area contributed by atoms with E-state index in [0.29, 0.717) is 24.7 Å². The summed E-state index contributed by atoms with van der Waals surface area (Å²) in [6.07, 6.45) is 17.6. The molecule has 2 fully saturated rings. The number of hydrogen-bond acceptors (Lipinski definition) is 3. The first-order valence-corrected chi connectivity index (χ1v) is 14.9. The fraction of sp³-hybridized carbons (Fsp3) is 0.750. The lowest BCUT2D eigenvalue weighted by atomic mass is 9.62. The van der Waals surface area contributed by atoms with Crippen molar-refractivity contribution in [3.8, 4) is 0 Å². The molecule has 0 amide bonds. The van der Waals surface area contributed by atoms with Gasteiger partial charge in [0.15, 0.2) is 0 Å². The normalized spacial score (nSPS) is 31.1. The first-order valence-electron chi connectivity index (χ1n) is 14.4. The number of rotatable bonds is 8. The Morgan fingerprint density at radius 1 is 1.22 bits per heavy atom. The molecule has 4 heteroatoms. The summed E-state index contributed by atoms with van der Waals surface area (Å²) in [4.78, 5) is 0. The van der Waals surface area contributed by atoms with Gasteiger partial charge in [-0.2, -0.15) is 0 Å². The van der Waals surface area contributed by atoms with Crippen molar-refractivity contribution in [2.24, 2.45) is 17.3 Å². The molecule has 0 saturated heterocycles. The number of fused-ring (bicyclic) bond motifs is 1. The summed E-state index contributed by atoms with van der Waals surface area (Å²) in [5.41, 5.74) is 5.06. The maximum Gasteiger partial charge on any atom is 0.0642 e. The lowest BCUT2D eigenvalue weighted by Crippen LogP contribution is -2.32. The van der Waals surface area contributed by atoms with Crippen molar-refractivity contribution in [3.05, 3.63) is 47.1 Å². The third kappa shape index (κ3) is 8.06. The van der Waals surface area contributed by atoms with Crippen molar-refractivity contribution in [3.63, 3.8) is 0 Å². The number of allylic oxidation sites excluding steroid dienone is 6. The van der Waals surface area contributed by atoms with E-state index in [1.165, 1.54) is 19.3 Å². The molecule has 0 bridgehead atoms. The molecule has 0 aromatic rings. The average Bonchev–Trinajstić information content (AvgIpc) is 3.25. The van der Waals surface area contributed by atoms with Gasteiger partial charge in [-0.1, -0.05) is 83.9 Å². The Balaban J connectivity index is 0.00000154. The zero-order valence-corrected chi connectivity index (χ0v) is 25.0. The molecule has 3 aliphatic carbocycles.